The number of aromatic nitrogens is 1. The Balaban J connectivity index is 1.58. The summed E-state index contributed by atoms with van der Waals surface area (Å²) in [6.07, 6.45) is 2.30. The average molecular weight is 419 g/mol. The highest BCUT2D eigenvalue weighted by Gasteiger charge is 2.21. The van der Waals surface area contributed by atoms with E-state index in [0.717, 1.165) is 33.3 Å². The van der Waals surface area contributed by atoms with Crippen LogP contribution in [0.1, 0.15) is 22.6 Å². The molecule has 0 radical (unpaired) electrons. The zero-order valence-electron chi connectivity index (χ0n) is 16.7. The third-order valence-corrected chi connectivity index (χ3v) is 5.62. The van der Waals surface area contributed by atoms with E-state index in [1.807, 2.05) is 72.9 Å². The number of hydrogen-bond acceptors (Lipinski definition) is 2. The van der Waals surface area contributed by atoms with E-state index in [0.29, 0.717) is 18.0 Å². The van der Waals surface area contributed by atoms with E-state index >= 15 is 0 Å². The highest BCUT2D eigenvalue weighted by atomic mass is 35.5. The van der Waals surface area contributed by atoms with Gasteiger partial charge in [0.15, 0.2) is 0 Å². The fourth-order valence-corrected chi connectivity index (χ4v) is 4.04. The van der Waals surface area contributed by atoms with Gasteiger partial charge in [-0.2, -0.15) is 0 Å². The van der Waals surface area contributed by atoms with E-state index in [4.69, 9.17) is 16.3 Å². The van der Waals surface area contributed by atoms with Crippen molar-refractivity contribution in [2.75, 3.05) is 13.7 Å². The van der Waals surface area contributed by atoms with E-state index in [2.05, 4.69) is 16.4 Å². The van der Waals surface area contributed by atoms with E-state index in [9.17, 15) is 4.79 Å². The molecule has 0 aliphatic heterocycles. The normalized spacial score (nSPS) is 11.9. The number of fused-ring (bicyclic) bond motifs is 1. The molecule has 4 rings (SSSR count). The molecule has 0 spiro atoms. The molecular formula is C25H23ClN2O2. The zero-order valence-corrected chi connectivity index (χ0v) is 17.4. The lowest BCUT2D eigenvalue weighted by molar-refractivity contribution is -0.120. The Bertz CT molecular complexity index is 1170. The first kappa shape index (κ1) is 20.0. The molecule has 30 heavy (non-hydrogen) atoms. The van der Waals surface area contributed by atoms with Crippen molar-refractivity contribution in [1.82, 2.24) is 10.3 Å². The molecule has 4 aromatic rings. The maximum absolute atomic E-state index is 12.7. The van der Waals surface area contributed by atoms with E-state index in [1.54, 1.807) is 7.11 Å². The highest BCUT2D eigenvalue weighted by molar-refractivity contribution is 6.31. The molecule has 152 valence electrons. The van der Waals surface area contributed by atoms with Crippen LogP contribution in [0.2, 0.25) is 5.02 Å². The maximum atomic E-state index is 12.7. The Labute approximate surface area is 180 Å². The van der Waals surface area contributed by atoms with Gasteiger partial charge in [-0.25, -0.2) is 0 Å². The Morgan fingerprint density at radius 3 is 2.67 bits per heavy atom. The van der Waals surface area contributed by atoms with Crippen LogP contribution < -0.4 is 10.1 Å². The largest absolute Gasteiger partial charge is 0.497 e. The number of halogens is 1. The van der Waals surface area contributed by atoms with Crippen LogP contribution in [0.4, 0.5) is 0 Å². The minimum Gasteiger partial charge on any atom is -0.497 e. The van der Waals surface area contributed by atoms with Crippen LogP contribution in [-0.2, 0) is 11.2 Å². The predicted molar refractivity (Wildman–Crippen MR) is 121 cm³/mol. The van der Waals surface area contributed by atoms with E-state index in [-0.39, 0.29) is 11.8 Å². The van der Waals surface area contributed by atoms with E-state index in [1.165, 1.54) is 0 Å². The van der Waals surface area contributed by atoms with Crippen molar-refractivity contribution >= 4 is 28.4 Å². The molecule has 1 heterocycles. The van der Waals surface area contributed by atoms with Crippen molar-refractivity contribution < 1.29 is 9.53 Å². The number of rotatable bonds is 7. The molecule has 3 aromatic carbocycles. The smallest absolute Gasteiger partial charge is 0.224 e. The summed E-state index contributed by atoms with van der Waals surface area (Å²) in [5, 5.41) is 4.91. The number of nitrogens with one attached hydrogen (secondary N) is 2. The van der Waals surface area contributed by atoms with Gasteiger partial charge >= 0.3 is 0 Å². The first-order valence-corrected chi connectivity index (χ1v) is 10.2. The quantitative estimate of drug-likeness (QED) is 0.426. The van der Waals surface area contributed by atoms with Gasteiger partial charge in [0.05, 0.1) is 13.5 Å². The summed E-state index contributed by atoms with van der Waals surface area (Å²) >= 11 is 6.53. The molecular weight excluding hydrogens is 396 g/mol. The summed E-state index contributed by atoms with van der Waals surface area (Å²) in [7, 11) is 1.62. The fraction of sp³-hybridized carbons (Fsp3) is 0.160. The molecule has 0 aliphatic carbocycles. The third kappa shape index (κ3) is 4.34. The van der Waals surface area contributed by atoms with Crippen molar-refractivity contribution in [3.63, 3.8) is 0 Å². The van der Waals surface area contributed by atoms with Gasteiger partial charge in [-0.1, -0.05) is 60.1 Å². The molecule has 0 saturated carbocycles. The lowest BCUT2D eigenvalue weighted by Gasteiger charge is -2.19. The summed E-state index contributed by atoms with van der Waals surface area (Å²) in [5.74, 6) is 0.636. The highest BCUT2D eigenvalue weighted by Crippen LogP contribution is 2.34. The molecule has 5 heteroatoms. The predicted octanol–water partition coefficient (Wildman–Crippen LogP) is 5.32. The number of ether oxygens (including phenoxy) is 1. The number of amides is 1. The topological polar surface area (TPSA) is 54.1 Å². The minimum atomic E-state index is -0.0656. The van der Waals surface area contributed by atoms with Gasteiger partial charge in [-0.15, -0.1) is 0 Å². The SMILES string of the molecule is COc1cccc(CC(=O)NC[C@H](c2ccccc2Cl)c2c[nH]c3ccccc23)c1. The molecule has 0 aliphatic rings. The zero-order chi connectivity index (χ0) is 20.9. The number of methoxy groups -OCH3 is 1. The first-order chi connectivity index (χ1) is 14.7. The molecule has 1 amide bonds. The fourth-order valence-electron chi connectivity index (χ4n) is 3.77. The Hall–Kier alpha value is -3.24. The summed E-state index contributed by atoms with van der Waals surface area (Å²) in [6, 6.07) is 23.5. The number of aromatic amines is 1. The Morgan fingerprint density at radius 1 is 1.03 bits per heavy atom. The molecule has 0 unspecified atom stereocenters. The van der Waals surface area contributed by atoms with Gasteiger partial charge in [0, 0.05) is 34.6 Å². The van der Waals surface area contributed by atoms with Gasteiger partial charge < -0.3 is 15.0 Å². The third-order valence-electron chi connectivity index (χ3n) is 5.28. The van der Waals surface area contributed by atoms with Gasteiger partial charge in [-0.05, 0) is 41.0 Å². The number of carbonyl (C=O) groups excluding carboxylic acids is 1. The minimum absolute atomic E-state index is 0.0415. The second-order valence-electron chi connectivity index (χ2n) is 7.20. The lowest BCUT2D eigenvalue weighted by atomic mass is 9.90. The van der Waals surface area contributed by atoms with Crippen LogP contribution in [0.5, 0.6) is 5.75 Å². The molecule has 0 saturated heterocycles. The van der Waals surface area contributed by atoms with Crippen LogP contribution in [0, 0.1) is 0 Å². The van der Waals surface area contributed by atoms with Crippen molar-refractivity contribution in [2.24, 2.45) is 0 Å². The molecule has 0 fully saturated rings. The number of benzene rings is 3. The first-order valence-electron chi connectivity index (χ1n) is 9.86. The second kappa shape index (κ2) is 9.06. The van der Waals surface area contributed by atoms with Crippen LogP contribution >= 0.6 is 11.6 Å². The van der Waals surface area contributed by atoms with Crippen molar-refractivity contribution in [3.8, 4) is 5.75 Å². The molecule has 2 N–H and O–H groups in total. The number of carbonyl (C=O) groups is 1. The van der Waals surface area contributed by atoms with Crippen LogP contribution in [0.25, 0.3) is 10.9 Å². The van der Waals surface area contributed by atoms with Gasteiger partial charge in [-0.3, -0.25) is 4.79 Å². The van der Waals surface area contributed by atoms with Gasteiger partial charge in [0.25, 0.3) is 0 Å². The summed E-state index contributed by atoms with van der Waals surface area (Å²) in [6.45, 7) is 0.453. The number of H-pyrrole nitrogens is 1. The Morgan fingerprint density at radius 2 is 1.83 bits per heavy atom. The van der Waals surface area contributed by atoms with Crippen molar-refractivity contribution in [3.05, 3.63) is 101 Å². The molecule has 1 atom stereocenters. The number of hydrogen-bond donors (Lipinski definition) is 2. The van der Waals surface area contributed by atoms with Gasteiger partial charge in [0.1, 0.15) is 5.75 Å². The maximum Gasteiger partial charge on any atom is 0.224 e. The van der Waals surface area contributed by atoms with E-state index < -0.39 is 0 Å². The summed E-state index contributed by atoms with van der Waals surface area (Å²) < 4.78 is 5.25. The monoisotopic (exact) mass is 418 g/mol. The lowest BCUT2D eigenvalue weighted by Crippen LogP contribution is -2.30. The summed E-state index contributed by atoms with van der Waals surface area (Å²) in [5.41, 5.74) is 4.08. The molecule has 0 bridgehead atoms. The Kier molecular flexibility index (Phi) is 6.05. The number of para-hydroxylation sites is 1. The van der Waals surface area contributed by atoms with Crippen LogP contribution in [-0.4, -0.2) is 24.5 Å². The molecule has 1 aromatic heterocycles. The standard InChI is InChI=1S/C25H23ClN2O2/c1-30-18-8-6-7-17(13-18)14-25(29)28-16-21(19-9-2-4-11-23(19)26)22-15-27-24-12-5-3-10-20(22)24/h2-13,15,21,27H,14,16H2,1H3,(H,28,29)/t21-/m1/s1. The average Bonchev–Trinajstić information content (AvgIpc) is 3.19. The molecule has 4 nitrogen and oxygen atoms in total. The summed E-state index contributed by atoms with van der Waals surface area (Å²) in [4.78, 5) is 16.0. The van der Waals surface area contributed by atoms with Crippen LogP contribution in [0.3, 0.4) is 0 Å². The van der Waals surface area contributed by atoms with Crippen molar-refractivity contribution in [1.29, 1.82) is 0 Å². The van der Waals surface area contributed by atoms with Gasteiger partial charge in [0.2, 0.25) is 5.91 Å². The second-order valence-corrected chi connectivity index (χ2v) is 7.60. The van der Waals surface area contributed by atoms with Crippen molar-refractivity contribution in [2.45, 2.75) is 12.3 Å². The van der Waals surface area contributed by atoms with Crippen LogP contribution in [0.15, 0.2) is 79.0 Å².